The first-order valence-electron chi connectivity index (χ1n) is 2.58. The lowest BCUT2D eigenvalue weighted by Gasteiger charge is -2.01. The predicted molar refractivity (Wildman–Crippen MR) is 33.9 cm³/mol. The molecule has 1 atom stereocenters. The third-order valence-corrected chi connectivity index (χ3v) is 0.809. The van der Waals surface area contributed by atoms with E-state index in [4.69, 9.17) is 11.5 Å². The molecule has 1 unspecified atom stereocenters. The summed E-state index contributed by atoms with van der Waals surface area (Å²) in [4.78, 5) is 9.89. The van der Waals surface area contributed by atoms with Crippen molar-refractivity contribution in [1.29, 1.82) is 0 Å². The summed E-state index contributed by atoms with van der Waals surface area (Å²) < 4.78 is 0. The van der Waals surface area contributed by atoms with Crippen molar-refractivity contribution in [3.63, 3.8) is 0 Å². The first-order chi connectivity index (χ1) is 4.16. The SMILES string of the molecule is C#CC(C)NCC(=O)O. The molecule has 0 aliphatic rings. The van der Waals surface area contributed by atoms with Crippen molar-refractivity contribution in [2.75, 3.05) is 6.54 Å². The standard InChI is InChI=1S/C6H9NO2/c1-3-5(2)7-4-6(8)9/h1,5,7H,4H2,2H3,(H,8,9). The van der Waals surface area contributed by atoms with Crippen LogP contribution < -0.4 is 5.32 Å². The summed E-state index contributed by atoms with van der Waals surface area (Å²) in [5.74, 6) is 1.45. The van der Waals surface area contributed by atoms with Crippen molar-refractivity contribution in [1.82, 2.24) is 5.32 Å². The molecular formula is C6H9NO2. The molecule has 0 bridgehead atoms. The van der Waals surface area contributed by atoms with Crippen LogP contribution in [0.25, 0.3) is 0 Å². The topological polar surface area (TPSA) is 49.3 Å². The fourth-order valence-electron chi connectivity index (χ4n) is 0.299. The van der Waals surface area contributed by atoms with Gasteiger partial charge in [0.1, 0.15) is 0 Å². The Morgan fingerprint density at radius 2 is 2.56 bits per heavy atom. The van der Waals surface area contributed by atoms with E-state index in [0.29, 0.717) is 0 Å². The van der Waals surface area contributed by atoms with E-state index >= 15 is 0 Å². The lowest BCUT2D eigenvalue weighted by Crippen LogP contribution is -2.29. The maximum atomic E-state index is 9.89. The van der Waals surface area contributed by atoms with E-state index in [9.17, 15) is 4.79 Å². The number of carbonyl (C=O) groups is 1. The van der Waals surface area contributed by atoms with Gasteiger partial charge in [0.2, 0.25) is 0 Å². The Morgan fingerprint density at radius 1 is 2.00 bits per heavy atom. The van der Waals surface area contributed by atoms with E-state index in [1.165, 1.54) is 0 Å². The van der Waals surface area contributed by atoms with Gasteiger partial charge in [-0.05, 0) is 6.92 Å². The normalized spacial score (nSPS) is 12.0. The average Bonchev–Trinajstić information content (AvgIpc) is 1.83. The zero-order chi connectivity index (χ0) is 7.28. The summed E-state index contributed by atoms with van der Waals surface area (Å²) in [5.41, 5.74) is 0. The molecule has 50 valence electrons. The van der Waals surface area contributed by atoms with Crippen molar-refractivity contribution >= 4 is 5.97 Å². The zero-order valence-electron chi connectivity index (χ0n) is 5.22. The van der Waals surface area contributed by atoms with Gasteiger partial charge in [0.15, 0.2) is 0 Å². The summed E-state index contributed by atoms with van der Waals surface area (Å²) in [7, 11) is 0. The number of carboxylic acid groups (broad SMARTS) is 1. The summed E-state index contributed by atoms with van der Waals surface area (Å²) in [5, 5.41) is 10.7. The van der Waals surface area contributed by atoms with Crippen LogP contribution in [0.4, 0.5) is 0 Å². The molecule has 3 nitrogen and oxygen atoms in total. The number of hydrogen-bond acceptors (Lipinski definition) is 2. The first-order valence-corrected chi connectivity index (χ1v) is 2.58. The van der Waals surface area contributed by atoms with Gasteiger partial charge in [0.05, 0.1) is 12.6 Å². The van der Waals surface area contributed by atoms with Crippen LogP contribution in [0.15, 0.2) is 0 Å². The minimum absolute atomic E-state index is 0.0780. The Kier molecular flexibility index (Phi) is 3.49. The molecule has 0 heterocycles. The number of nitrogens with one attached hydrogen (secondary N) is 1. The highest BCUT2D eigenvalue weighted by molar-refractivity contribution is 5.69. The number of aliphatic carboxylic acids is 1. The van der Waals surface area contributed by atoms with Gasteiger partial charge >= 0.3 is 5.97 Å². The first kappa shape index (κ1) is 7.99. The largest absolute Gasteiger partial charge is 0.480 e. The molecule has 0 radical (unpaired) electrons. The molecule has 0 saturated carbocycles. The van der Waals surface area contributed by atoms with Crippen molar-refractivity contribution in [2.24, 2.45) is 0 Å². The Balaban J connectivity index is 3.30. The van der Waals surface area contributed by atoms with E-state index in [-0.39, 0.29) is 12.6 Å². The molecule has 0 amide bonds. The third-order valence-electron chi connectivity index (χ3n) is 0.809. The highest BCUT2D eigenvalue weighted by Crippen LogP contribution is 1.73. The van der Waals surface area contributed by atoms with Gasteiger partial charge in [0.25, 0.3) is 0 Å². The van der Waals surface area contributed by atoms with E-state index in [1.807, 2.05) is 0 Å². The Labute approximate surface area is 54.1 Å². The van der Waals surface area contributed by atoms with Crippen LogP contribution in [0.2, 0.25) is 0 Å². The van der Waals surface area contributed by atoms with Crippen LogP contribution in [0, 0.1) is 12.3 Å². The molecule has 3 heteroatoms. The van der Waals surface area contributed by atoms with Gasteiger partial charge in [-0.1, -0.05) is 5.92 Å². The maximum absolute atomic E-state index is 9.89. The van der Waals surface area contributed by atoms with Gasteiger partial charge in [-0.3, -0.25) is 10.1 Å². The fourth-order valence-corrected chi connectivity index (χ4v) is 0.299. The minimum atomic E-state index is -0.892. The van der Waals surface area contributed by atoms with Crippen LogP contribution in [0.5, 0.6) is 0 Å². The summed E-state index contributed by atoms with van der Waals surface area (Å²) in [6, 6.07) is -0.166. The van der Waals surface area contributed by atoms with Crippen molar-refractivity contribution in [2.45, 2.75) is 13.0 Å². The van der Waals surface area contributed by atoms with Gasteiger partial charge < -0.3 is 5.11 Å². The Bertz CT molecular complexity index is 136. The van der Waals surface area contributed by atoms with Crippen molar-refractivity contribution in [3.8, 4) is 12.3 Å². The van der Waals surface area contributed by atoms with Crippen molar-refractivity contribution < 1.29 is 9.90 Å². The number of rotatable bonds is 3. The quantitative estimate of drug-likeness (QED) is 0.511. The van der Waals surface area contributed by atoms with E-state index in [0.717, 1.165) is 0 Å². The molecule has 0 aliphatic carbocycles. The fraction of sp³-hybridized carbons (Fsp3) is 0.500. The van der Waals surface area contributed by atoms with Gasteiger partial charge in [0, 0.05) is 0 Å². The average molecular weight is 127 g/mol. The molecule has 0 spiro atoms. The molecule has 0 aliphatic heterocycles. The molecular weight excluding hydrogens is 118 g/mol. The van der Waals surface area contributed by atoms with Crippen LogP contribution >= 0.6 is 0 Å². The van der Waals surface area contributed by atoms with Crippen LogP contribution in [0.3, 0.4) is 0 Å². The molecule has 0 fully saturated rings. The number of hydrogen-bond donors (Lipinski definition) is 2. The number of carboxylic acids is 1. The van der Waals surface area contributed by atoms with Gasteiger partial charge in [-0.2, -0.15) is 0 Å². The van der Waals surface area contributed by atoms with Crippen LogP contribution in [-0.2, 0) is 4.79 Å². The van der Waals surface area contributed by atoms with E-state index in [1.54, 1.807) is 6.92 Å². The van der Waals surface area contributed by atoms with Crippen LogP contribution in [-0.4, -0.2) is 23.7 Å². The monoisotopic (exact) mass is 127 g/mol. The second kappa shape index (κ2) is 3.93. The van der Waals surface area contributed by atoms with Gasteiger partial charge in [-0.25, -0.2) is 0 Å². The third kappa shape index (κ3) is 4.85. The molecule has 0 saturated heterocycles. The summed E-state index contributed by atoms with van der Waals surface area (Å²) in [6.45, 7) is 1.65. The van der Waals surface area contributed by atoms with E-state index < -0.39 is 5.97 Å². The van der Waals surface area contributed by atoms with Crippen LogP contribution in [0.1, 0.15) is 6.92 Å². The zero-order valence-corrected chi connectivity index (χ0v) is 5.22. The highest BCUT2D eigenvalue weighted by Gasteiger charge is 1.97. The highest BCUT2D eigenvalue weighted by atomic mass is 16.4. The molecule has 0 rings (SSSR count). The molecule has 9 heavy (non-hydrogen) atoms. The molecule has 0 aromatic heterocycles. The maximum Gasteiger partial charge on any atom is 0.317 e. The molecule has 0 aromatic carbocycles. The summed E-state index contributed by atoms with van der Waals surface area (Å²) >= 11 is 0. The van der Waals surface area contributed by atoms with E-state index in [2.05, 4.69) is 11.2 Å². The number of terminal acetylenes is 1. The Hall–Kier alpha value is -1.01. The second-order valence-electron chi connectivity index (χ2n) is 1.66. The Morgan fingerprint density at radius 3 is 2.89 bits per heavy atom. The molecule has 2 N–H and O–H groups in total. The predicted octanol–water partition coefficient (Wildman–Crippen LogP) is -0.318. The lowest BCUT2D eigenvalue weighted by atomic mass is 10.3. The molecule has 0 aromatic rings. The lowest BCUT2D eigenvalue weighted by molar-refractivity contribution is -0.136. The van der Waals surface area contributed by atoms with Crippen molar-refractivity contribution in [3.05, 3.63) is 0 Å². The van der Waals surface area contributed by atoms with Gasteiger partial charge in [-0.15, -0.1) is 6.42 Å². The summed E-state index contributed by atoms with van der Waals surface area (Å²) in [6.07, 6.45) is 4.95. The second-order valence-corrected chi connectivity index (χ2v) is 1.66. The minimum Gasteiger partial charge on any atom is -0.480 e. The smallest absolute Gasteiger partial charge is 0.317 e.